The predicted octanol–water partition coefficient (Wildman–Crippen LogP) is 1.75. The fourth-order valence-electron chi connectivity index (χ4n) is 2.86. The number of hydrogen-bond acceptors (Lipinski definition) is 4. The summed E-state index contributed by atoms with van der Waals surface area (Å²) in [4.78, 5) is 10.9. The van der Waals surface area contributed by atoms with Gasteiger partial charge in [-0.25, -0.2) is 4.98 Å². The van der Waals surface area contributed by atoms with Crippen LogP contribution in [-0.2, 0) is 6.54 Å². The quantitative estimate of drug-likeness (QED) is 0.892. The summed E-state index contributed by atoms with van der Waals surface area (Å²) in [7, 11) is 2.19. The van der Waals surface area contributed by atoms with E-state index in [1.807, 2.05) is 6.07 Å². The van der Waals surface area contributed by atoms with Crippen molar-refractivity contribution in [1.82, 2.24) is 19.4 Å². The third-order valence-electron chi connectivity index (χ3n) is 4.31. The Bertz CT molecular complexity index is 581. The molecule has 1 aliphatic heterocycles. The maximum Gasteiger partial charge on any atom is 0.201 e. The number of imidazole rings is 1. The largest absolute Gasteiger partial charge is 0.369 e. The van der Waals surface area contributed by atoms with Crippen molar-refractivity contribution in [3.05, 3.63) is 18.5 Å². The van der Waals surface area contributed by atoms with E-state index in [4.69, 9.17) is 5.73 Å². The summed E-state index contributed by atoms with van der Waals surface area (Å²) in [6.45, 7) is 5.61. The Balaban J connectivity index is 1.91. The minimum atomic E-state index is 0.303. The standard InChI is InChI=1S/C14H21N5/c1-14(4-7-18(2)8-5-14)10-19-12-3-6-16-9-11(12)17-13(19)15/h3,6,9H,4-5,7-8,10H2,1-2H3,(H2,15,17). The molecule has 3 heterocycles. The van der Waals surface area contributed by atoms with Crippen LogP contribution in [0.15, 0.2) is 18.5 Å². The van der Waals surface area contributed by atoms with Gasteiger partial charge in [0.25, 0.3) is 0 Å². The van der Waals surface area contributed by atoms with E-state index < -0.39 is 0 Å². The van der Waals surface area contributed by atoms with Crippen LogP contribution in [0.4, 0.5) is 5.95 Å². The van der Waals surface area contributed by atoms with Gasteiger partial charge in [-0.05, 0) is 44.5 Å². The molecule has 5 heteroatoms. The molecule has 2 aromatic rings. The van der Waals surface area contributed by atoms with Gasteiger partial charge in [0.1, 0.15) is 5.52 Å². The highest BCUT2D eigenvalue weighted by Crippen LogP contribution is 2.34. The Morgan fingerprint density at radius 1 is 1.37 bits per heavy atom. The minimum Gasteiger partial charge on any atom is -0.369 e. The minimum absolute atomic E-state index is 0.303. The molecule has 0 spiro atoms. The zero-order valence-corrected chi connectivity index (χ0v) is 11.6. The van der Waals surface area contributed by atoms with Gasteiger partial charge in [-0.1, -0.05) is 6.92 Å². The van der Waals surface area contributed by atoms with Crippen LogP contribution in [0.3, 0.4) is 0 Å². The number of hydrogen-bond donors (Lipinski definition) is 1. The number of piperidine rings is 1. The molecule has 2 aromatic heterocycles. The van der Waals surface area contributed by atoms with Crippen LogP contribution >= 0.6 is 0 Å². The molecule has 1 aliphatic rings. The summed E-state index contributed by atoms with van der Waals surface area (Å²) < 4.78 is 2.14. The average molecular weight is 259 g/mol. The first-order valence-electron chi connectivity index (χ1n) is 6.82. The Morgan fingerprint density at radius 3 is 2.84 bits per heavy atom. The monoisotopic (exact) mass is 259 g/mol. The molecule has 102 valence electrons. The molecule has 0 radical (unpaired) electrons. The van der Waals surface area contributed by atoms with Gasteiger partial charge in [-0.2, -0.15) is 0 Å². The molecule has 0 amide bonds. The lowest BCUT2D eigenvalue weighted by atomic mass is 9.80. The number of rotatable bonds is 2. The second-order valence-corrected chi connectivity index (χ2v) is 6.03. The van der Waals surface area contributed by atoms with Crippen LogP contribution in [-0.4, -0.2) is 39.6 Å². The van der Waals surface area contributed by atoms with Gasteiger partial charge in [-0.15, -0.1) is 0 Å². The van der Waals surface area contributed by atoms with E-state index in [0.717, 1.165) is 30.7 Å². The van der Waals surface area contributed by atoms with Gasteiger partial charge in [0.2, 0.25) is 5.95 Å². The van der Waals surface area contributed by atoms with Crippen LogP contribution in [0.2, 0.25) is 0 Å². The van der Waals surface area contributed by atoms with Gasteiger partial charge in [-0.3, -0.25) is 4.98 Å². The zero-order chi connectivity index (χ0) is 13.5. The highest BCUT2D eigenvalue weighted by atomic mass is 15.2. The molecule has 2 N–H and O–H groups in total. The summed E-state index contributed by atoms with van der Waals surface area (Å²) in [5.74, 6) is 0.600. The topological polar surface area (TPSA) is 60.0 Å². The molecule has 0 aromatic carbocycles. The Morgan fingerprint density at radius 2 is 2.11 bits per heavy atom. The fraction of sp³-hybridized carbons (Fsp3) is 0.571. The van der Waals surface area contributed by atoms with Crippen molar-refractivity contribution >= 4 is 17.0 Å². The lowest BCUT2D eigenvalue weighted by Crippen LogP contribution is -2.38. The lowest BCUT2D eigenvalue weighted by molar-refractivity contribution is 0.122. The van der Waals surface area contributed by atoms with Crippen LogP contribution in [0.5, 0.6) is 0 Å². The normalized spacial score (nSPS) is 19.9. The van der Waals surface area contributed by atoms with Crippen molar-refractivity contribution in [2.45, 2.75) is 26.3 Å². The number of aromatic nitrogens is 3. The van der Waals surface area contributed by atoms with Crippen molar-refractivity contribution < 1.29 is 0 Å². The summed E-state index contributed by atoms with van der Waals surface area (Å²) in [5, 5.41) is 0. The van der Waals surface area contributed by atoms with Gasteiger partial charge >= 0.3 is 0 Å². The third kappa shape index (κ3) is 2.30. The Labute approximate surface area is 113 Å². The molecule has 0 bridgehead atoms. The fourth-order valence-corrected chi connectivity index (χ4v) is 2.86. The third-order valence-corrected chi connectivity index (χ3v) is 4.31. The molecule has 1 saturated heterocycles. The average Bonchev–Trinajstić information content (AvgIpc) is 2.70. The summed E-state index contributed by atoms with van der Waals surface area (Å²) in [6, 6.07) is 2.00. The number of nitrogen functional groups attached to an aromatic ring is 1. The molecule has 1 fully saturated rings. The summed E-state index contributed by atoms with van der Waals surface area (Å²) >= 11 is 0. The van der Waals surface area contributed by atoms with Crippen molar-refractivity contribution in [2.24, 2.45) is 5.41 Å². The number of nitrogens with two attached hydrogens (primary N) is 1. The second kappa shape index (κ2) is 4.49. The molecule has 3 rings (SSSR count). The van der Waals surface area contributed by atoms with Gasteiger partial charge in [0, 0.05) is 12.7 Å². The molecule has 5 nitrogen and oxygen atoms in total. The van der Waals surface area contributed by atoms with Crippen molar-refractivity contribution in [3.63, 3.8) is 0 Å². The smallest absolute Gasteiger partial charge is 0.201 e. The van der Waals surface area contributed by atoms with E-state index in [1.54, 1.807) is 12.4 Å². The molecule has 19 heavy (non-hydrogen) atoms. The first-order valence-corrected chi connectivity index (χ1v) is 6.82. The van der Waals surface area contributed by atoms with Crippen molar-refractivity contribution in [3.8, 4) is 0 Å². The van der Waals surface area contributed by atoms with Gasteiger partial charge < -0.3 is 15.2 Å². The number of anilines is 1. The molecule has 0 aliphatic carbocycles. The number of nitrogens with zero attached hydrogens (tertiary/aromatic N) is 4. The summed E-state index contributed by atoms with van der Waals surface area (Å²) in [5.41, 5.74) is 8.35. The number of fused-ring (bicyclic) bond motifs is 1. The molecular formula is C14H21N5. The summed E-state index contributed by atoms with van der Waals surface area (Å²) in [6.07, 6.45) is 5.98. The maximum absolute atomic E-state index is 6.07. The lowest BCUT2D eigenvalue weighted by Gasteiger charge is -2.38. The first kappa shape index (κ1) is 12.4. The molecule has 0 saturated carbocycles. The second-order valence-electron chi connectivity index (χ2n) is 6.03. The number of likely N-dealkylation sites (tertiary alicyclic amines) is 1. The van der Waals surface area contributed by atoms with Crippen LogP contribution < -0.4 is 5.73 Å². The van der Waals surface area contributed by atoms with Crippen LogP contribution in [0.25, 0.3) is 11.0 Å². The van der Waals surface area contributed by atoms with Gasteiger partial charge in [0.15, 0.2) is 0 Å². The Hall–Kier alpha value is -1.62. The van der Waals surface area contributed by atoms with Gasteiger partial charge in [0.05, 0.1) is 11.7 Å². The van der Waals surface area contributed by atoms with Crippen molar-refractivity contribution in [2.75, 3.05) is 25.9 Å². The Kier molecular flexibility index (Phi) is 2.93. The highest BCUT2D eigenvalue weighted by molar-refractivity contribution is 5.77. The van der Waals surface area contributed by atoms with E-state index in [1.165, 1.54) is 12.8 Å². The SMILES string of the molecule is CN1CCC(C)(Cn2c(N)nc3cnccc32)CC1. The predicted molar refractivity (Wildman–Crippen MR) is 76.8 cm³/mol. The van der Waals surface area contributed by atoms with E-state index in [-0.39, 0.29) is 0 Å². The molecule has 0 unspecified atom stereocenters. The van der Waals surface area contributed by atoms with E-state index in [2.05, 4.69) is 33.4 Å². The molecule has 0 atom stereocenters. The van der Waals surface area contributed by atoms with E-state index in [9.17, 15) is 0 Å². The number of pyridine rings is 1. The van der Waals surface area contributed by atoms with Crippen LogP contribution in [0, 0.1) is 5.41 Å². The maximum atomic E-state index is 6.07. The molecular weight excluding hydrogens is 238 g/mol. The van der Waals surface area contributed by atoms with Crippen molar-refractivity contribution in [1.29, 1.82) is 0 Å². The highest BCUT2D eigenvalue weighted by Gasteiger charge is 2.30. The van der Waals surface area contributed by atoms with E-state index >= 15 is 0 Å². The van der Waals surface area contributed by atoms with E-state index in [0.29, 0.717) is 11.4 Å². The first-order chi connectivity index (χ1) is 9.07. The zero-order valence-electron chi connectivity index (χ0n) is 11.6. The van der Waals surface area contributed by atoms with Crippen LogP contribution in [0.1, 0.15) is 19.8 Å².